The Hall–Kier alpha value is -0.280. The number of hydrogen-bond acceptors (Lipinski definition) is 2. The van der Waals surface area contributed by atoms with Crippen LogP contribution in [-0.4, -0.2) is 26.8 Å². The average molecular weight is 248 g/mol. The van der Waals surface area contributed by atoms with Crippen molar-refractivity contribution >= 4 is 23.2 Å². The summed E-state index contributed by atoms with van der Waals surface area (Å²) in [5, 5.41) is 4.53. The second-order valence-corrected chi connectivity index (χ2v) is 3.99. The molecule has 84 valence electrons. The van der Waals surface area contributed by atoms with Crippen LogP contribution in [0.25, 0.3) is 0 Å². The van der Waals surface area contributed by atoms with Gasteiger partial charge < -0.3 is 10.1 Å². The number of nitrogens with one attached hydrogen (secondary N) is 1. The Kier molecular flexibility index (Phi) is 6.03. The summed E-state index contributed by atoms with van der Waals surface area (Å²) in [7, 11) is 1.69. The first-order valence-corrected chi connectivity index (χ1v) is 5.64. The van der Waals surface area contributed by atoms with E-state index in [0.29, 0.717) is 10.0 Å². The van der Waals surface area contributed by atoms with Crippen molar-refractivity contribution in [1.82, 2.24) is 5.32 Å². The highest BCUT2D eigenvalue weighted by Gasteiger charge is 2.03. The molecule has 0 heterocycles. The van der Waals surface area contributed by atoms with Crippen molar-refractivity contribution < 1.29 is 4.74 Å². The molecule has 0 bridgehead atoms. The first kappa shape index (κ1) is 12.8. The summed E-state index contributed by atoms with van der Waals surface area (Å²) in [6.07, 6.45) is 0.878. The molecular weight excluding hydrogens is 233 g/mol. The third-order valence-corrected chi connectivity index (χ3v) is 2.94. The van der Waals surface area contributed by atoms with Gasteiger partial charge in [-0.25, -0.2) is 0 Å². The molecule has 0 spiro atoms. The zero-order valence-electron chi connectivity index (χ0n) is 8.72. The van der Waals surface area contributed by atoms with E-state index in [-0.39, 0.29) is 0 Å². The van der Waals surface area contributed by atoms with Crippen molar-refractivity contribution in [3.63, 3.8) is 0 Å². The Labute approximate surface area is 101 Å². The van der Waals surface area contributed by atoms with E-state index in [1.54, 1.807) is 13.2 Å². The van der Waals surface area contributed by atoms with Crippen LogP contribution in [0.15, 0.2) is 18.2 Å². The van der Waals surface area contributed by atoms with Crippen molar-refractivity contribution in [3.8, 4) is 0 Å². The highest BCUT2D eigenvalue weighted by atomic mass is 35.5. The fraction of sp³-hybridized carbons (Fsp3) is 0.455. The number of rotatable bonds is 6. The van der Waals surface area contributed by atoms with E-state index in [1.807, 2.05) is 12.1 Å². The maximum absolute atomic E-state index is 6.05. The summed E-state index contributed by atoms with van der Waals surface area (Å²) >= 11 is 12.0. The molecular formula is C11H15Cl2NO. The first-order valence-electron chi connectivity index (χ1n) is 4.88. The first-order chi connectivity index (χ1) is 7.25. The molecule has 0 aliphatic rings. The second kappa shape index (κ2) is 7.07. The van der Waals surface area contributed by atoms with E-state index < -0.39 is 0 Å². The van der Waals surface area contributed by atoms with Gasteiger partial charge in [-0.1, -0.05) is 35.3 Å². The molecule has 0 atom stereocenters. The van der Waals surface area contributed by atoms with Crippen molar-refractivity contribution in [2.24, 2.45) is 0 Å². The van der Waals surface area contributed by atoms with Gasteiger partial charge in [0.15, 0.2) is 0 Å². The predicted octanol–water partition coefficient (Wildman–Crippen LogP) is 2.77. The van der Waals surface area contributed by atoms with Crippen LogP contribution in [-0.2, 0) is 11.2 Å². The second-order valence-electron chi connectivity index (χ2n) is 3.21. The van der Waals surface area contributed by atoms with E-state index >= 15 is 0 Å². The lowest BCUT2D eigenvalue weighted by molar-refractivity contribution is 0.199. The zero-order valence-corrected chi connectivity index (χ0v) is 10.2. The highest BCUT2D eigenvalue weighted by Crippen LogP contribution is 2.25. The molecule has 15 heavy (non-hydrogen) atoms. The monoisotopic (exact) mass is 247 g/mol. The molecule has 0 unspecified atom stereocenters. The number of ether oxygens (including phenoxy) is 1. The maximum atomic E-state index is 6.05. The molecule has 1 aromatic carbocycles. The molecule has 0 aliphatic heterocycles. The SMILES string of the molecule is COCCNCCc1cccc(Cl)c1Cl. The van der Waals surface area contributed by atoms with Gasteiger partial charge in [-0.2, -0.15) is 0 Å². The number of methoxy groups -OCH3 is 1. The molecule has 1 aromatic rings. The van der Waals surface area contributed by atoms with Crippen LogP contribution in [0.2, 0.25) is 10.0 Å². The summed E-state index contributed by atoms with van der Waals surface area (Å²) in [5.74, 6) is 0. The van der Waals surface area contributed by atoms with Gasteiger partial charge >= 0.3 is 0 Å². The lowest BCUT2D eigenvalue weighted by atomic mass is 10.1. The van der Waals surface area contributed by atoms with E-state index in [1.165, 1.54) is 0 Å². The number of halogens is 2. The molecule has 0 radical (unpaired) electrons. The molecule has 0 saturated carbocycles. The summed E-state index contributed by atoms with van der Waals surface area (Å²) < 4.78 is 4.93. The minimum Gasteiger partial charge on any atom is -0.383 e. The van der Waals surface area contributed by atoms with Crippen LogP contribution >= 0.6 is 23.2 Å². The molecule has 1 rings (SSSR count). The van der Waals surface area contributed by atoms with Gasteiger partial charge in [0.25, 0.3) is 0 Å². The van der Waals surface area contributed by atoms with Crippen LogP contribution in [0.5, 0.6) is 0 Å². The predicted molar refractivity (Wildman–Crippen MR) is 64.9 cm³/mol. The van der Waals surface area contributed by atoms with Gasteiger partial charge in [-0.05, 0) is 24.6 Å². The van der Waals surface area contributed by atoms with Crippen molar-refractivity contribution in [1.29, 1.82) is 0 Å². The van der Waals surface area contributed by atoms with Crippen LogP contribution in [0.1, 0.15) is 5.56 Å². The highest BCUT2D eigenvalue weighted by molar-refractivity contribution is 6.42. The lowest BCUT2D eigenvalue weighted by Gasteiger charge is -2.06. The minimum absolute atomic E-state index is 0.617. The van der Waals surface area contributed by atoms with Gasteiger partial charge in [-0.3, -0.25) is 0 Å². The molecule has 4 heteroatoms. The summed E-state index contributed by atoms with van der Waals surface area (Å²) in [6, 6.07) is 5.71. The smallest absolute Gasteiger partial charge is 0.0624 e. The Bertz CT molecular complexity index is 305. The molecule has 0 fully saturated rings. The zero-order chi connectivity index (χ0) is 11.1. The topological polar surface area (TPSA) is 21.3 Å². The molecule has 0 aliphatic carbocycles. The fourth-order valence-electron chi connectivity index (χ4n) is 1.26. The largest absolute Gasteiger partial charge is 0.383 e. The van der Waals surface area contributed by atoms with Crippen LogP contribution in [0.3, 0.4) is 0 Å². The fourth-order valence-corrected chi connectivity index (χ4v) is 1.68. The Morgan fingerprint density at radius 2 is 2.07 bits per heavy atom. The van der Waals surface area contributed by atoms with Gasteiger partial charge in [0.05, 0.1) is 16.7 Å². The van der Waals surface area contributed by atoms with Crippen LogP contribution in [0, 0.1) is 0 Å². The number of hydrogen-bond donors (Lipinski definition) is 1. The molecule has 0 saturated heterocycles. The van der Waals surface area contributed by atoms with E-state index in [0.717, 1.165) is 31.7 Å². The quantitative estimate of drug-likeness (QED) is 0.781. The van der Waals surface area contributed by atoms with Crippen LogP contribution in [0.4, 0.5) is 0 Å². The Morgan fingerprint density at radius 1 is 1.27 bits per heavy atom. The third kappa shape index (κ3) is 4.39. The molecule has 1 N–H and O–H groups in total. The summed E-state index contributed by atoms with van der Waals surface area (Å²) in [6.45, 7) is 2.46. The van der Waals surface area contributed by atoms with Crippen LogP contribution < -0.4 is 5.32 Å². The third-order valence-electron chi connectivity index (χ3n) is 2.09. The van der Waals surface area contributed by atoms with Crippen molar-refractivity contribution in [2.45, 2.75) is 6.42 Å². The van der Waals surface area contributed by atoms with E-state index in [4.69, 9.17) is 27.9 Å². The van der Waals surface area contributed by atoms with Crippen molar-refractivity contribution in [3.05, 3.63) is 33.8 Å². The standard InChI is InChI=1S/C11H15Cl2NO/c1-15-8-7-14-6-5-9-3-2-4-10(12)11(9)13/h2-4,14H,5-8H2,1H3. The van der Waals surface area contributed by atoms with E-state index in [2.05, 4.69) is 5.32 Å². The van der Waals surface area contributed by atoms with Gasteiger partial charge in [0.1, 0.15) is 0 Å². The molecule has 2 nitrogen and oxygen atoms in total. The maximum Gasteiger partial charge on any atom is 0.0624 e. The van der Waals surface area contributed by atoms with Gasteiger partial charge in [0.2, 0.25) is 0 Å². The van der Waals surface area contributed by atoms with Gasteiger partial charge in [0, 0.05) is 13.7 Å². The Balaban J connectivity index is 2.34. The average Bonchev–Trinajstić information content (AvgIpc) is 2.24. The Morgan fingerprint density at radius 3 is 2.80 bits per heavy atom. The number of benzene rings is 1. The van der Waals surface area contributed by atoms with Crippen molar-refractivity contribution in [2.75, 3.05) is 26.8 Å². The summed E-state index contributed by atoms with van der Waals surface area (Å²) in [5.41, 5.74) is 1.08. The lowest BCUT2D eigenvalue weighted by Crippen LogP contribution is -2.21. The molecule has 0 amide bonds. The summed E-state index contributed by atoms with van der Waals surface area (Å²) in [4.78, 5) is 0. The minimum atomic E-state index is 0.617. The molecule has 0 aromatic heterocycles. The van der Waals surface area contributed by atoms with Gasteiger partial charge in [-0.15, -0.1) is 0 Å². The normalized spacial score (nSPS) is 10.6. The van der Waals surface area contributed by atoms with E-state index in [9.17, 15) is 0 Å².